The lowest BCUT2D eigenvalue weighted by molar-refractivity contribution is 0.256. The molecule has 0 aliphatic carbocycles. The zero-order chi connectivity index (χ0) is 11.7. The highest BCUT2D eigenvalue weighted by atomic mass is 15.3. The zero-order valence-electron chi connectivity index (χ0n) is 10.7. The lowest BCUT2D eigenvalue weighted by Gasteiger charge is -2.23. The lowest BCUT2D eigenvalue weighted by atomic mass is 10.1. The van der Waals surface area contributed by atoms with E-state index >= 15 is 0 Å². The molecule has 0 spiro atoms. The van der Waals surface area contributed by atoms with E-state index in [1.54, 1.807) is 0 Å². The number of nitrogens with zero attached hydrogens (tertiary/aromatic N) is 3. The average Bonchev–Trinajstić information content (AvgIpc) is 2.84. The van der Waals surface area contributed by atoms with Gasteiger partial charge in [0.1, 0.15) is 0 Å². The van der Waals surface area contributed by atoms with Gasteiger partial charge in [-0.3, -0.25) is 9.58 Å². The van der Waals surface area contributed by atoms with Crippen molar-refractivity contribution >= 4 is 0 Å². The summed E-state index contributed by atoms with van der Waals surface area (Å²) in [5.41, 5.74) is 2.52. The van der Waals surface area contributed by atoms with Gasteiger partial charge in [0.25, 0.3) is 0 Å². The first-order valence-electron chi connectivity index (χ1n) is 6.03. The molecule has 1 fully saturated rings. The predicted molar refractivity (Wildman–Crippen MR) is 65.4 cm³/mol. The molecule has 1 aromatic heterocycles. The molecule has 90 valence electrons. The van der Waals surface area contributed by atoms with E-state index in [0.717, 1.165) is 12.2 Å². The van der Waals surface area contributed by atoms with E-state index < -0.39 is 0 Å². The summed E-state index contributed by atoms with van der Waals surface area (Å²) in [6.07, 6.45) is 3.40. The minimum Gasteiger partial charge on any atom is -0.316 e. The first-order chi connectivity index (χ1) is 7.61. The van der Waals surface area contributed by atoms with E-state index in [2.05, 4.69) is 35.4 Å². The standard InChI is InChI=1S/C12H22N4/c1-9-12(8-15(4)14-9)10(2)16-6-5-11(7-16)13-3/h8,10-11,13H,5-7H2,1-4H3. The molecular weight excluding hydrogens is 200 g/mol. The van der Waals surface area contributed by atoms with Crippen molar-refractivity contribution in [2.45, 2.75) is 32.4 Å². The van der Waals surface area contributed by atoms with Crippen molar-refractivity contribution < 1.29 is 0 Å². The molecule has 1 N–H and O–H groups in total. The molecule has 0 amide bonds. The molecule has 1 aliphatic rings. The van der Waals surface area contributed by atoms with E-state index in [4.69, 9.17) is 0 Å². The molecule has 2 rings (SSSR count). The quantitative estimate of drug-likeness (QED) is 0.831. The van der Waals surface area contributed by atoms with Crippen molar-refractivity contribution in [3.8, 4) is 0 Å². The van der Waals surface area contributed by atoms with Crippen LogP contribution >= 0.6 is 0 Å². The third kappa shape index (κ3) is 2.13. The summed E-state index contributed by atoms with van der Waals surface area (Å²) >= 11 is 0. The van der Waals surface area contributed by atoms with Crippen LogP contribution in [0.4, 0.5) is 0 Å². The van der Waals surface area contributed by atoms with E-state index in [9.17, 15) is 0 Å². The fraction of sp³-hybridized carbons (Fsp3) is 0.750. The van der Waals surface area contributed by atoms with Crippen LogP contribution < -0.4 is 5.32 Å². The molecule has 2 heterocycles. The monoisotopic (exact) mass is 222 g/mol. The van der Waals surface area contributed by atoms with Gasteiger partial charge in [0, 0.05) is 44.0 Å². The van der Waals surface area contributed by atoms with E-state index in [0.29, 0.717) is 12.1 Å². The van der Waals surface area contributed by atoms with Crippen molar-refractivity contribution in [1.29, 1.82) is 0 Å². The van der Waals surface area contributed by atoms with Gasteiger partial charge in [-0.05, 0) is 27.3 Å². The highest BCUT2D eigenvalue weighted by Crippen LogP contribution is 2.26. The number of nitrogens with one attached hydrogen (secondary N) is 1. The summed E-state index contributed by atoms with van der Waals surface area (Å²) in [4.78, 5) is 2.53. The van der Waals surface area contributed by atoms with Crippen LogP contribution in [0, 0.1) is 6.92 Å². The SMILES string of the molecule is CNC1CCN(C(C)c2cn(C)nc2C)C1. The van der Waals surface area contributed by atoms with Crippen molar-refractivity contribution in [1.82, 2.24) is 20.0 Å². The Bertz CT molecular complexity index is 358. The molecule has 1 aromatic rings. The van der Waals surface area contributed by atoms with Crippen molar-refractivity contribution in [3.63, 3.8) is 0 Å². The van der Waals surface area contributed by atoms with Gasteiger partial charge < -0.3 is 5.32 Å². The second-order valence-electron chi connectivity index (χ2n) is 4.79. The normalized spacial score (nSPS) is 23.9. The summed E-state index contributed by atoms with van der Waals surface area (Å²) in [5.74, 6) is 0. The fourth-order valence-electron chi connectivity index (χ4n) is 2.60. The van der Waals surface area contributed by atoms with Gasteiger partial charge in [-0.1, -0.05) is 0 Å². The van der Waals surface area contributed by atoms with E-state index in [1.165, 1.54) is 18.5 Å². The third-order valence-electron chi connectivity index (χ3n) is 3.68. The van der Waals surface area contributed by atoms with Gasteiger partial charge in [-0.15, -0.1) is 0 Å². The Hall–Kier alpha value is -0.870. The second kappa shape index (κ2) is 4.55. The maximum Gasteiger partial charge on any atom is 0.0641 e. The maximum absolute atomic E-state index is 4.42. The Morgan fingerprint density at radius 3 is 2.81 bits per heavy atom. The molecule has 4 heteroatoms. The number of aromatic nitrogens is 2. The molecule has 16 heavy (non-hydrogen) atoms. The largest absolute Gasteiger partial charge is 0.316 e. The van der Waals surface area contributed by atoms with Gasteiger partial charge in [-0.2, -0.15) is 5.10 Å². The molecule has 2 atom stereocenters. The molecule has 0 bridgehead atoms. The molecular formula is C12H22N4. The van der Waals surface area contributed by atoms with E-state index in [-0.39, 0.29) is 0 Å². The molecule has 4 nitrogen and oxygen atoms in total. The Balaban J connectivity index is 2.08. The number of hydrogen-bond acceptors (Lipinski definition) is 3. The summed E-state index contributed by atoms with van der Waals surface area (Å²) in [5, 5.41) is 7.77. The minimum atomic E-state index is 0.479. The van der Waals surface area contributed by atoms with Gasteiger partial charge in [0.2, 0.25) is 0 Å². The summed E-state index contributed by atoms with van der Waals surface area (Å²) in [7, 11) is 4.04. The Kier molecular flexibility index (Phi) is 3.30. The van der Waals surface area contributed by atoms with Crippen LogP contribution in [0.25, 0.3) is 0 Å². The minimum absolute atomic E-state index is 0.479. The first-order valence-corrected chi connectivity index (χ1v) is 6.03. The molecule has 0 saturated carbocycles. The molecule has 0 radical (unpaired) electrons. The van der Waals surface area contributed by atoms with Crippen molar-refractivity contribution in [3.05, 3.63) is 17.5 Å². The Morgan fingerprint density at radius 2 is 2.31 bits per heavy atom. The van der Waals surface area contributed by atoms with Crippen molar-refractivity contribution in [2.75, 3.05) is 20.1 Å². The number of likely N-dealkylation sites (N-methyl/N-ethyl adjacent to an activating group) is 1. The predicted octanol–water partition coefficient (Wildman–Crippen LogP) is 1.08. The molecule has 1 saturated heterocycles. The van der Waals surface area contributed by atoms with Crippen LogP contribution in [0.15, 0.2) is 6.20 Å². The number of hydrogen-bond donors (Lipinski definition) is 1. The highest BCUT2D eigenvalue weighted by molar-refractivity contribution is 5.19. The van der Waals surface area contributed by atoms with Gasteiger partial charge in [0.05, 0.1) is 5.69 Å². The summed E-state index contributed by atoms with van der Waals surface area (Å²) in [6, 6.07) is 1.13. The number of rotatable bonds is 3. The van der Waals surface area contributed by atoms with Crippen LogP contribution in [-0.2, 0) is 7.05 Å². The number of likely N-dealkylation sites (tertiary alicyclic amines) is 1. The lowest BCUT2D eigenvalue weighted by Crippen LogP contribution is -2.31. The Labute approximate surface area is 97.6 Å². The fourth-order valence-corrected chi connectivity index (χ4v) is 2.60. The highest BCUT2D eigenvalue weighted by Gasteiger charge is 2.27. The number of aryl methyl sites for hydroxylation is 2. The van der Waals surface area contributed by atoms with Gasteiger partial charge in [0.15, 0.2) is 0 Å². The molecule has 1 aliphatic heterocycles. The van der Waals surface area contributed by atoms with Gasteiger partial charge >= 0.3 is 0 Å². The first kappa shape index (κ1) is 11.6. The van der Waals surface area contributed by atoms with Crippen LogP contribution in [0.1, 0.15) is 30.6 Å². The van der Waals surface area contributed by atoms with Crippen molar-refractivity contribution in [2.24, 2.45) is 7.05 Å². The Morgan fingerprint density at radius 1 is 1.56 bits per heavy atom. The summed E-state index contributed by atoms with van der Waals surface area (Å²) < 4.78 is 1.91. The second-order valence-corrected chi connectivity index (χ2v) is 4.79. The molecule has 2 unspecified atom stereocenters. The molecule has 0 aromatic carbocycles. The van der Waals surface area contributed by atoms with Crippen LogP contribution in [0.2, 0.25) is 0 Å². The van der Waals surface area contributed by atoms with Crippen LogP contribution in [0.3, 0.4) is 0 Å². The third-order valence-corrected chi connectivity index (χ3v) is 3.68. The summed E-state index contributed by atoms with van der Waals surface area (Å²) in [6.45, 7) is 6.70. The maximum atomic E-state index is 4.42. The smallest absolute Gasteiger partial charge is 0.0641 e. The van der Waals surface area contributed by atoms with Crippen LogP contribution in [-0.4, -0.2) is 40.9 Å². The zero-order valence-corrected chi connectivity index (χ0v) is 10.7. The van der Waals surface area contributed by atoms with Crippen LogP contribution in [0.5, 0.6) is 0 Å². The van der Waals surface area contributed by atoms with E-state index in [1.807, 2.05) is 18.8 Å². The van der Waals surface area contributed by atoms with Gasteiger partial charge in [-0.25, -0.2) is 0 Å². The average molecular weight is 222 g/mol. The topological polar surface area (TPSA) is 33.1 Å².